The molecule has 2 aliphatic rings. The SMILES string of the molecule is CC(C)C1CCC(C(F)(F)F)CC1S(=O)(=O)[O-].CC(C)C1CCC(C(F)(F)F)CC1S(=O)(=O)[O-].[Cu+2]. The Morgan fingerprint density at radius 1 is 0.629 bits per heavy atom. The van der Waals surface area contributed by atoms with Crippen molar-refractivity contribution in [3.8, 4) is 0 Å². The zero-order valence-electron chi connectivity index (χ0n) is 19.7. The Morgan fingerprint density at radius 2 is 0.886 bits per heavy atom. The molecule has 0 bridgehead atoms. The molecule has 0 N–H and O–H groups in total. The summed E-state index contributed by atoms with van der Waals surface area (Å²) in [5.74, 6) is -4.44. The summed E-state index contributed by atoms with van der Waals surface area (Å²) < 4.78 is 142. The molecule has 0 aromatic carbocycles. The van der Waals surface area contributed by atoms with Crippen LogP contribution in [0.4, 0.5) is 26.3 Å². The molecule has 0 amide bonds. The summed E-state index contributed by atoms with van der Waals surface area (Å²) in [4.78, 5) is 0. The Morgan fingerprint density at radius 3 is 1.06 bits per heavy atom. The van der Waals surface area contributed by atoms with Gasteiger partial charge < -0.3 is 9.11 Å². The molecule has 6 unspecified atom stereocenters. The summed E-state index contributed by atoms with van der Waals surface area (Å²) in [7, 11) is -9.33. The Kier molecular flexibility index (Phi) is 12.6. The summed E-state index contributed by atoms with van der Waals surface area (Å²) in [6.07, 6.45) is -9.87. The Bertz CT molecular complexity index is 802. The van der Waals surface area contributed by atoms with Crippen molar-refractivity contribution >= 4 is 20.2 Å². The van der Waals surface area contributed by atoms with E-state index in [-0.39, 0.29) is 54.6 Å². The van der Waals surface area contributed by atoms with Crippen LogP contribution in [0, 0.1) is 35.5 Å². The molecule has 0 saturated heterocycles. The molecule has 0 aromatic heterocycles. The third-order valence-corrected chi connectivity index (χ3v) is 9.63. The van der Waals surface area contributed by atoms with E-state index in [9.17, 15) is 52.3 Å². The van der Waals surface area contributed by atoms with Crippen LogP contribution < -0.4 is 0 Å². The van der Waals surface area contributed by atoms with Crippen LogP contribution in [0.15, 0.2) is 0 Å². The molecule has 0 spiro atoms. The minimum absolute atomic E-state index is 0. The topological polar surface area (TPSA) is 114 Å². The molecule has 2 aliphatic carbocycles. The zero-order valence-corrected chi connectivity index (χ0v) is 22.3. The van der Waals surface area contributed by atoms with Gasteiger partial charge in [-0.25, -0.2) is 16.8 Å². The van der Waals surface area contributed by atoms with Gasteiger partial charge in [-0.1, -0.05) is 27.7 Å². The molecule has 35 heavy (non-hydrogen) atoms. The quantitative estimate of drug-likeness (QED) is 0.250. The average Bonchev–Trinajstić information content (AvgIpc) is 2.64. The Hall–Kier alpha value is -0.0805. The molecule has 6 nitrogen and oxygen atoms in total. The van der Waals surface area contributed by atoms with Crippen LogP contribution in [-0.4, -0.2) is 48.8 Å². The third kappa shape index (κ3) is 10.3. The van der Waals surface area contributed by atoms with Gasteiger partial charge in [0.2, 0.25) is 0 Å². The van der Waals surface area contributed by atoms with Crippen LogP contribution in [0.5, 0.6) is 0 Å². The molecule has 0 aliphatic heterocycles. The largest absolute Gasteiger partial charge is 2.00 e. The van der Waals surface area contributed by atoms with Gasteiger partial charge in [0.25, 0.3) is 0 Å². The Labute approximate surface area is 214 Å². The van der Waals surface area contributed by atoms with Crippen molar-refractivity contribution in [1.29, 1.82) is 0 Å². The summed E-state index contributed by atoms with van der Waals surface area (Å²) >= 11 is 0. The maximum absolute atomic E-state index is 12.5. The normalized spacial score (nSPS) is 30.9. The first-order valence-electron chi connectivity index (χ1n) is 11.1. The number of rotatable bonds is 4. The van der Waals surface area contributed by atoms with E-state index < -0.39 is 79.6 Å². The monoisotopic (exact) mass is 609 g/mol. The van der Waals surface area contributed by atoms with E-state index in [2.05, 4.69) is 0 Å². The first-order valence-corrected chi connectivity index (χ1v) is 14.0. The maximum atomic E-state index is 12.5. The molecule has 0 aromatic rings. The van der Waals surface area contributed by atoms with E-state index in [0.29, 0.717) is 0 Å². The van der Waals surface area contributed by atoms with Gasteiger partial charge >= 0.3 is 29.4 Å². The van der Waals surface area contributed by atoms with Crippen LogP contribution in [0.3, 0.4) is 0 Å². The fourth-order valence-corrected chi connectivity index (χ4v) is 7.78. The van der Waals surface area contributed by atoms with Crippen LogP contribution >= 0.6 is 0 Å². The summed E-state index contributed by atoms with van der Waals surface area (Å²) in [5, 5.41) is -2.80. The molecule has 15 heteroatoms. The molecule has 2 rings (SSSR count). The second-order valence-corrected chi connectivity index (χ2v) is 13.2. The van der Waals surface area contributed by atoms with Gasteiger partial charge in [-0.05, 0) is 62.2 Å². The molecular weight excluding hydrogens is 578 g/mol. The van der Waals surface area contributed by atoms with Crippen molar-refractivity contribution < 1.29 is 69.4 Å². The van der Waals surface area contributed by atoms with Crippen molar-refractivity contribution in [2.45, 2.75) is 89.1 Å². The van der Waals surface area contributed by atoms with Crippen LogP contribution in [-0.2, 0) is 37.3 Å². The van der Waals surface area contributed by atoms with Crippen molar-refractivity contribution in [2.24, 2.45) is 35.5 Å². The summed E-state index contributed by atoms with van der Waals surface area (Å²) in [6, 6.07) is 0. The minimum atomic E-state index is -4.66. The predicted molar refractivity (Wildman–Crippen MR) is 110 cm³/mol. The molecule has 2 fully saturated rings. The molecule has 1 radical (unpaired) electrons. The van der Waals surface area contributed by atoms with E-state index in [1.165, 1.54) is 0 Å². The molecular formula is C20H32CuF6O6S2. The van der Waals surface area contributed by atoms with E-state index in [1.807, 2.05) is 0 Å². The molecule has 2 saturated carbocycles. The van der Waals surface area contributed by atoms with E-state index in [1.54, 1.807) is 27.7 Å². The number of hydrogen-bond donors (Lipinski definition) is 0. The summed E-state index contributed by atoms with van der Waals surface area (Å²) in [5.41, 5.74) is 0. The van der Waals surface area contributed by atoms with Crippen molar-refractivity contribution in [3.63, 3.8) is 0 Å². The maximum Gasteiger partial charge on any atom is 2.00 e. The van der Waals surface area contributed by atoms with Crippen LogP contribution in [0.2, 0.25) is 0 Å². The second-order valence-electron chi connectivity index (χ2n) is 9.98. The smallest absolute Gasteiger partial charge is 0.748 e. The zero-order chi connectivity index (χ0) is 26.9. The number of alkyl halides is 6. The number of hydrogen-bond acceptors (Lipinski definition) is 6. The third-order valence-electron chi connectivity index (χ3n) is 7.07. The van der Waals surface area contributed by atoms with Crippen molar-refractivity contribution in [1.82, 2.24) is 0 Å². The second kappa shape index (κ2) is 12.6. The van der Waals surface area contributed by atoms with Gasteiger partial charge in [0, 0.05) is 0 Å². The van der Waals surface area contributed by atoms with Crippen LogP contribution in [0.1, 0.15) is 66.2 Å². The van der Waals surface area contributed by atoms with Gasteiger partial charge in [0.05, 0.1) is 42.6 Å². The fraction of sp³-hybridized carbons (Fsp3) is 1.00. The number of halogens is 6. The first-order chi connectivity index (χ1) is 15.1. The summed E-state index contributed by atoms with van der Waals surface area (Å²) in [6.45, 7) is 6.93. The average molecular weight is 610 g/mol. The van der Waals surface area contributed by atoms with Gasteiger partial charge in [-0.3, -0.25) is 0 Å². The fourth-order valence-electron chi connectivity index (χ4n) is 5.09. The van der Waals surface area contributed by atoms with Gasteiger partial charge in [-0.2, -0.15) is 26.3 Å². The minimum Gasteiger partial charge on any atom is -0.748 e. The van der Waals surface area contributed by atoms with Crippen LogP contribution in [0.25, 0.3) is 0 Å². The van der Waals surface area contributed by atoms with Gasteiger partial charge in [0.15, 0.2) is 0 Å². The van der Waals surface area contributed by atoms with E-state index in [4.69, 9.17) is 0 Å². The molecule has 6 atom stereocenters. The first kappa shape index (κ1) is 34.9. The van der Waals surface area contributed by atoms with Crippen molar-refractivity contribution in [3.05, 3.63) is 0 Å². The van der Waals surface area contributed by atoms with E-state index in [0.717, 1.165) is 0 Å². The van der Waals surface area contributed by atoms with E-state index >= 15 is 0 Å². The standard InChI is InChI=1S/2C10H17F3O3S.Cu/c2*1-6(2)8-4-3-7(10(11,12)13)5-9(8)17(14,15)16;/h2*6-9H,3-5H2,1-2H3,(H,14,15,16);/q;;+2/p-2. The van der Waals surface area contributed by atoms with Gasteiger partial charge in [-0.15, -0.1) is 0 Å². The molecule has 0 heterocycles. The van der Waals surface area contributed by atoms with Crippen molar-refractivity contribution in [2.75, 3.05) is 0 Å². The molecule has 213 valence electrons. The predicted octanol–water partition coefficient (Wildman–Crippen LogP) is 5.07. The van der Waals surface area contributed by atoms with Gasteiger partial charge in [0.1, 0.15) is 0 Å². The Balaban J connectivity index is 0.000000642.